The van der Waals surface area contributed by atoms with Gasteiger partial charge >= 0.3 is 0 Å². The highest BCUT2D eigenvalue weighted by atomic mass is 15.2. The van der Waals surface area contributed by atoms with Crippen LogP contribution in [0.3, 0.4) is 0 Å². The number of nitrogens with one attached hydrogen (secondary N) is 1. The summed E-state index contributed by atoms with van der Waals surface area (Å²) in [4.78, 5) is 6.71. The lowest BCUT2D eigenvalue weighted by molar-refractivity contribution is 0.161. The van der Waals surface area contributed by atoms with E-state index in [9.17, 15) is 0 Å². The van der Waals surface area contributed by atoms with Gasteiger partial charge in [-0.1, -0.05) is 6.42 Å². The first-order valence-corrected chi connectivity index (χ1v) is 6.67. The van der Waals surface area contributed by atoms with Crippen LogP contribution in [0.4, 0.5) is 0 Å². The van der Waals surface area contributed by atoms with Crippen LogP contribution in [0, 0.1) is 0 Å². The zero-order chi connectivity index (χ0) is 12.1. The summed E-state index contributed by atoms with van der Waals surface area (Å²) in [6.45, 7) is 6.77. The van der Waals surface area contributed by atoms with Crippen LogP contribution in [0.5, 0.6) is 0 Å². The van der Waals surface area contributed by atoms with Crippen LogP contribution >= 0.6 is 0 Å². The highest BCUT2D eigenvalue weighted by molar-refractivity contribution is 4.96. The SMILES string of the molecule is C[C@H]1CCCCN1CCNCc1cncn1C. The number of nitrogens with zero attached hydrogens (tertiary/aromatic N) is 3. The molecule has 1 aliphatic rings. The van der Waals surface area contributed by atoms with E-state index in [0.29, 0.717) is 0 Å². The molecule has 0 saturated carbocycles. The smallest absolute Gasteiger partial charge is 0.0945 e. The molecule has 17 heavy (non-hydrogen) atoms. The van der Waals surface area contributed by atoms with Crippen molar-refractivity contribution in [1.29, 1.82) is 0 Å². The first-order chi connectivity index (χ1) is 8.27. The van der Waals surface area contributed by atoms with Crippen molar-refractivity contribution in [2.24, 2.45) is 7.05 Å². The maximum absolute atomic E-state index is 4.11. The number of hydrogen-bond donors (Lipinski definition) is 1. The molecule has 4 heteroatoms. The normalized spacial score (nSPS) is 21.9. The van der Waals surface area contributed by atoms with Gasteiger partial charge in [0.2, 0.25) is 0 Å². The molecular formula is C13H24N4. The largest absolute Gasteiger partial charge is 0.337 e. The van der Waals surface area contributed by atoms with Crippen molar-refractivity contribution < 1.29 is 0 Å². The molecule has 2 rings (SSSR count). The predicted molar refractivity (Wildman–Crippen MR) is 69.8 cm³/mol. The standard InChI is InChI=1S/C13H24N4/c1-12-5-3-4-7-17(12)8-6-14-9-13-10-15-11-16(13)2/h10-12,14H,3-9H2,1-2H3/t12-/m0/s1. The Hall–Kier alpha value is -0.870. The van der Waals surface area contributed by atoms with Crippen molar-refractivity contribution in [2.45, 2.75) is 38.8 Å². The molecule has 0 bridgehead atoms. The van der Waals surface area contributed by atoms with E-state index < -0.39 is 0 Å². The fourth-order valence-corrected chi connectivity index (χ4v) is 2.48. The number of rotatable bonds is 5. The average Bonchev–Trinajstić information content (AvgIpc) is 2.73. The summed E-state index contributed by atoms with van der Waals surface area (Å²) >= 11 is 0. The Morgan fingerprint density at radius 1 is 1.47 bits per heavy atom. The summed E-state index contributed by atoms with van der Waals surface area (Å²) < 4.78 is 2.07. The monoisotopic (exact) mass is 236 g/mol. The Morgan fingerprint density at radius 3 is 3.06 bits per heavy atom. The third-order valence-corrected chi connectivity index (χ3v) is 3.74. The lowest BCUT2D eigenvalue weighted by Crippen LogP contribution is -2.41. The Balaban J connectivity index is 1.64. The average molecular weight is 236 g/mol. The first kappa shape index (κ1) is 12.6. The molecule has 1 aliphatic heterocycles. The van der Waals surface area contributed by atoms with E-state index in [1.165, 1.54) is 38.0 Å². The first-order valence-electron chi connectivity index (χ1n) is 6.67. The molecule has 1 atom stereocenters. The Kier molecular flexibility index (Phi) is 4.57. The maximum Gasteiger partial charge on any atom is 0.0945 e. The summed E-state index contributed by atoms with van der Waals surface area (Å²) in [5, 5.41) is 3.49. The minimum atomic E-state index is 0.766. The molecular weight excluding hydrogens is 212 g/mol. The van der Waals surface area contributed by atoms with E-state index in [0.717, 1.165) is 19.1 Å². The second-order valence-electron chi connectivity index (χ2n) is 5.05. The van der Waals surface area contributed by atoms with E-state index in [2.05, 4.69) is 26.7 Å². The van der Waals surface area contributed by atoms with Crippen molar-refractivity contribution in [3.8, 4) is 0 Å². The van der Waals surface area contributed by atoms with Crippen molar-refractivity contribution in [2.75, 3.05) is 19.6 Å². The van der Waals surface area contributed by atoms with Crippen LogP contribution in [0.15, 0.2) is 12.5 Å². The summed E-state index contributed by atoms with van der Waals surface area (Å²) in [5.41, 5.74) is 1.25. The summed E-state index contributed by atoms with van der Waals surface area (Å²) in [7, 11) is 2.04. The fourth-order valence-electron chi connectivity index (χ4n) is 2.48. The topological polar surface area (TPSA) is 33.1 Å². The number of imidazole rings is 1. The molecule has 0 aliphatic carbocycles. The minimum absolute atomic E-state index is 0.766. The number of piperidine rings is 1. The zero-order valence-electron chi connectivity index (χ0n) is 11.0. The van der Waals surface area contributed by atoms with Gasteiger partial charge in [-0.3, -0.25) is 4.90 Å². The van der Waals surface area contributed by atoms with E-state index in [4.69, 9.17) is 0 Å². The molecule has 1 aromatic rings. The van der Waals surface area contributed by atoms with Crippen molar-refractivity contribution >= 4 is 0 Å². The van der Waals surface area contributed by atoms with Crippen LogP contribution in [-0.2, 0) is 13.6 Å². The number of aryl methyl sites for hydroxylation is 1. The van der Waals surface area contributed by atoms with Gasteiger partial charge in [-0.25, -0.2) is 4.98 Å². The van der Waals surface area contributed by atoms with Gasteiger partial charge in [0.05, 0.1) is 12.0 Å². The summed E-state index contributed by atoms with van der Waals surface area (Å²) in [5.74, 6) is 0. The van der Waals surface area contributed by atoms with Crippen molar-refractivity contribution in [3.63, 3.8) is 0 Å². The molecule has 0 unspecified atom stereocenters. The second-order valence-corrected chi connectivity index (χ2v) is 5.05. The molecule has 0 amide bonds. The van der Waals surface area contributed by atoms with Gasteiger partial charge in [-0.2, -0.15) is 0 Å². The van der Waals surface area contributed by atoms with E-state index >= 15 is 0 Å². The molecule has 4 nitrogen and oxygen atoms in total. The molecule has 2 heterocycles. The van der Waals surface area contributed by atoms with Gasteiger partial charge in [0.15, 0.2) is 0 Å². The summed E-state index contributed by atoms with van der Waals surface area (Å²) in [6, 6.07) is 0.766. The van der Waals surface area contributed by atoms with Crippen LogP contribution in [-0.4, -0.2) is 40.1 Å². The van der Waals surface area contributed by atoms with Gasteiger partial charge in [-0.05, 0) is 26.3 Å². The lowest BCUT2D eigenvalue weighted by Gasteiger charge is -2.33. The van der Waals surface area contributed by atoms with Gasteiger partial charge in [0.25, 0.3) is 0 Å². The van der Waals surface area contributed by atoms with Gasteiger partial charge in [0.1, 0.15) is 0 Å². The van der Waals surface area contributed by atoms with Crippen LogP contribution in [0.25, 0.3) is 0 Å². The molecule has 1 aromatic heterocycles. The number of hydrogen-bond acceptors (Lipinski definition) is 3. The predicted octanol–water partition coefficient (Wildman–Crippen LogP) is 1.38. The molecule has 0 radical (unpaired) electrons. The van der Waals surface area contributed by atoms with Crippen LogP contribution in [0.2, 0.25) is 0 Å². The van der Waals surface area contributed by atoms with E-state index in [1.807, 2.05) is 19.6 Å². The van der Waals surface area contributed by atoms with Crippen molar-refractivity contribution in [3.05, 3.63) is 18.2 Å². The maximum atomic E-state index is 4.11. The summed E-state index contributed by atoms with van der Waals surface area (Å²) in [6.07, 6.45) is 7.91. The minimum Gasteiger partial charge on any atom is -0.337 e. The highest BCUT2D eigenvalue weighted by Crippen LogP contribution is 2.15. The molecule has 0 aromatic carbocycles. The third-order valence-electron chi connectivity index (χ3n) is 3.74. The van der Waals surface area contributed by atoms with Crippen LogP contribution in [0.1, 0.15) is 31.9 Å². The van der Waals surface area contributed by atoms with E-state index in [-0.39, 0.29) is 0 Å². The van der Waals surface area contributed by atoms with Crippen molar-refractivity contribution in [1.82, 2.24) is 19.8 Å². The third kappa shape index (κ3) is 3.54. The van der Waals surface area contributed by atoms with Crippen LogP contribution < -0.4 is 5.32 Å². The second kappa shape index (κ2) is 6.17. The Bertz CT molecular complexity index is 334. The molecule has 1 N–H and O–H groups in total. The fraction of sp³-hybridized carbons (Fsp3) is 0.769. The number of aromatic nitrogens is 2. The highest BCUT2D eigenvalue weighted by Gasteiger charge is 2.16. The van der Waals surface area contributed by atoms with Gasteiger partial charge in [0, 0.05) is 38.9 Å². The zero-order valence-corrected chi connectivity index (χ0v) is 11.0. The quantitative estimate of drug-likeness (QED) is 0.784. The molecule has 1 saturated heterocycles. The lowest BCUT2D eigenvalue weighted by atomic mass is 10.0. The van der Waals surface area contributed by atoms with Gasteiger partial charge < -0.3 is 9.88 Å². The molecule has 0 spiro atoms. The number of likely N-dealkylation sites (tertiary alicyclic amines) is 1. The molecule has 1 fully saturated rings. The Labute approximate surface area is 104 Å². The Morgan fingerprint density at radius 2 is 2.35 bits per heavy atom. The van der Waals surface area contributed by atoms with Gasteiger partial charge in [-0.15, -0.1) is 0 Å². The van der Waals surface area contributed by atoms with E-state index in [1.54, 1.807) is 0 Å². The molecule has 96 valence electrons.